The van der Waals surface area contributed by atoms with Crippen molar-refractivity contribution >= 4 is 23.8 Å². The van der Waals surface area contributed by atoms with Crippen molar-refractivity contribution in [1.29, 1.82) is 0 Å². The number of esters is 2. The fourth-order valence-corrected chi connectivity index (χ4v) is 2.00. The zero-order chi connectivity index (χ0) is 14.0. The first-order valence-electron chi connectivity index (χ1n) is 5.93. The van der Waals surface area contributed by atoms with Gasteiger partial charge in [0, 0.05) is 20.1 Å². The molecule has 8 heteroatoms. The molecule has 2 saturated heterocycles. The summed E-state index contributed by atoms with van der Waals surface area (Å²) in [6, 6.07) is 0. The summed E-state index contributed by atoms with van der Waals surface area (Å²) in [5.41, 5.74) is 0. The number of hydrogen-bond donors (Lipinski definition) is 0. The number of amides is 2. The summed E-state index contributed by atoms with van der Waals surface area (Å²) in [4.78, 5) is 49.6. The van der Waals surface area contributed by atoms with Crippen LogP contribution in [0.3, 0.4) is 0 Å². The molecule has 2 heterocycles. The summed E-state index contributed by atoms with van der Waals surface area (Å²) in [6.45, 7) is 1.35. The number of carbonyl (C=O) groups is 4. The van der Waals surface area contributed by atoms with Crippen LogP contribution in [0.15, 0.2) is 0 Å². The van der Waals surface area contributed by atoms with E-state index in [0.29, 0.717) is 13.1 Å². The number of cyclic esters (lactones) is 2. The zero-order valence-electron chi connectivity index (χ0n) is 10.6. The van der Waals surface area contributed by atoms with Crippen LogP contribution in [0, 0.1) is 0 Å². The number of carbonyl (C=O) groups excluding carboxylic acids is 4. The van der Waals surface area contributed by atoms with Gasteiger partial charge in [0.25, 0.3) is 0 Å². The summed E-state index contributed by atoms with van der Waals surface area (Å²) in [5.74, 6) is -1.63. The largest absolute Gasteiger partial charge is 0.391 e. The highest BCUT2D eigenvalue weighted by molar-refractivity contribution is 5.99. The van der Waals surface area contributed by atoms with Crippen LogP contribution in [0.1, 0.15) is 0 Å². The Kier molecular flexibility index (Phi) is 3.91. The lowest BCUT2D eigenvalue weighted by atomic mass is 10.3. The van der Waals surface area contributed by atoms with Gasteiger partial charge in [0.1, 0.15) is 0 Å². The summed E-state index contributed by atoms with van der Waals surface area (Å²) >= 11 is 0. The quantitative estimate of drug-likeness (QED) is 0.323. The third kappa shape index (κ3) is 3.36. The van der Waals surface area contributed by atoms with Crippen molar-refractivity contribution in [1.82, 2.24) is 14.7 Å². The van der Waals surface area contributed by atoms with Crippen molar-refractivity contribution in [3.8, 4) is 0 Å². The molecular formula is C11H15N3O5. The van der Waals surface area contributed by atoms with E-state index < -0.39 is 11.9 Å². The first kappa shape index (κ1) is 13.6. The second kappa shape index (κ2) is 5.45. The minimum Gasteiger partial charge on any atom is -0.391 e. The summed E-state index contributed by atoms with van der Waals surface area (Å²) in [7, 11) is 1.46. The average Bonchev–Trinajstić information content (AvgIpc) is 2.32. The van der Waals surface area contributed by atoms with Gasteiger partial charge in [0.2, 0.25) is 11.8 Å². The lowest BCUT2D eigenvalue weighted by molar-refractivity contribution is -0.167. The number of imide groups is 1. The van der Waals surface area contributed by atoms with E-state index in [4.69, 9.17) is 0 Å². The molecule has 0 aliphatic carbocycles. The Morgan fingerprint density at radius 1 is 0.842 bits per heavy atom. The van der Waals surface area contributed by atoms with Gasteiger partial charge in [-0.05, 0) is 0 Å². The number of hydrogen-bond acceptors (Lipinski definition) is 7. The molecule has 0 radical (unpaired) electrons. The monoisotopic (exact) mass is 269 g/mol. The normalized spacial score (nSPS) is 22.9. The summed E-state index contributed by atoms with van der Waals surface area (Å²) < 4.78 is 4.41. The molecule has 0 aromatic rings. The minimum absolute atomic E-state index is 0.0569. The van der Waals surface area contributed by atoms with Crippen molar-refractivity contribution in [3.05, 3.63) is 0 Å². The Hall–Kier alpha value is -1.80. The SMILES string of the molecule is CN1C(=O)CN(CCN2CC(=O)OC(=O)C2)CC1=O. The van der Waals surface area contributed by atoms with Crippen LogP contribution in [-0.2, 0) is 23.9 Å². The van der Waals surface area contributed by atoms with Gasteiger partial charge in [0.05, 0.1) is 26.2 Å². The van der Waals surface area contributed by atoms with Gasteiger partial charge < -0.3 is 4.74 Å². The predicted octanol–water partition coefficient (Wildman–Crippen LogP) is -2.33. The van der Waals surface area contributed by atoms with Crippen LogP contribution < -0.4 is 0 Å². The number of rotatable bonds is 3. The molecule has 2 amide bonds. The van der Waals surface area contributed by atoms with Crippen LogP contribution in [0.25, 0.3) is 0 Å². The molecule has 0 N–H and O–H groups in total. The highest BCUT2D eigenvalue weighted by Crippen LogP contribution is 2.04. The van der Waals surface area contributed by atoms with E-state index in [9.17, 15) is 19.2 Å². The number of likely N-dealkylation sites (N-methyl/N-ethyl adjacent to an activating group) is 1. The third-order valence-corrected chi connectivity index (χ3v) is 3.13. The van der Waals surface area contributed by atoms with Crippen molar-refractivity contribution in [2.45, 2.75) is 0 Å². The fraction of sp³-hybridized carbons (Fsp3) is 0.636. The number of ether oxygens (including phenoxy) is 1. The van der Waals surface area contributed by atoms with Gasteiger partial charge in [-0.2, -0.15) is 0 Å². The smallest absolute Gasteiger partial charge is 0.327 e. The van der Waals surface area contributed by atoms with E-state index in [2.05, 4.69) is 4.74 Å². The molecule has 104 valence electrons. The Morgan fingerprint density at radius 2 is 1.26 bits per heavy atom. The van der Waals surface area contributed by atoms with E-state index in [0.717, 1.165) is 4.90 Å². The van der Waals surface area contributed by atoms with Crippen molar-refractivity contribution < 1.29 is 23.9 Å². The molecule has 0 atom stereocenters. The molecule has 0 unspecified atom stereocenters. The van der Waals surface area contributed by atoms with E-state index in [1.54, 1.807) is 9.80 Å². The topological polar surface area (TPSA) is 87.2 Å². The highest BCUT2D eigenvalue weighted by Gasteiger charge is 2.29. The Bertz CT molecular complexity index is 402. The highest BCUT2D eigenvalue weighted by atomic mass is 16.6. The molecule has 0 bridgehead atoms. The second-order valence-electron chi connectivity index (χ2n) is 4.61. The van der Waals surface area contributed by atoms with E-state index in [1.165, 1.54) is 7.05 Å². The molecule has 0 aromatic carbocycles. The zero-order valence-corrected chi connectivity index (χ0v) is 10.6. The van der Waals surface area contributed by atoms with E-state index in [-0.39, 0.29) is 38.0 Å². The van der Waals surface area contributed by atoms with Gasteiger partial charge in [-0.3, -0.25) is 33.9 Å². The van der Waals surface area contributed by atoms with Gasteiger partial charge in [-0.25, -0.2) is 0 Å². The number of morpholine rings is 1. The lowest BCUT2D eigenvalue weighted by Gasteiger charge is -2.32. The lowest BCUT2D eigenvalue weighted by Crippen LogP contribution is -2.54. The number of piperazine rings is 1. The van der Waals surface area contributed by atoms with Crippen molar-refractivity contribution in [2.75, 3.05) is 46.3 Å². The molecule has 8 nitrogen and oxygen atoms in total. The first-order valence-corrected chi connectivity index (χ1v) is 5.93. The van der Waals surface area contributed by atoms with Gasteiger partial charge in [-0.1, -0.05) is 0 Å². The maximum Gasteiger partial charge on any atom is 0.327 e. The number of nitrogens with zero attached hydrogens (tertiary/aromatic N) is 3. The summed E-state index contributed by atoms with van der Waals surface area (Å²) in [5, 5.41) is 0. The fourth-order valence-electron chi connectivity index (χ4n) is 2.00. The van der Waals surface area contributed by atoms with Crippen LogP contribution >= 0.6 is 0 Å². The Labute approximate surface area is 109 Å². The molecule has 2 aliphatic rings. The molecule has 2 fully saturated rings. The Morgan fingerprint density at radius 3 is 1.74 bits per heavy atom. The van der Waals surface area contributed by atoms with Gasteiger partial charge in [-0.15, -0.1) is 0 Å². The second-order valence-corrected chi connectivity index (χ2v) is 4.61. The molecule has 19 heavy (non-hydrogen) atoms. The molecule has 0 saturated carbocycles. The average molecular weight is 269 g/mol. The third-order valence-electron chi connectivity index (χ3n) is 3.13. The van der Waals surface area contributed by atoms with Crippen LogP contribution in [0.5, 0.6) is 0 Å². The molecule has 0 spiro atoms. The van der Waals surface area contributed by atoms with E-state index >= 15 is 0 Å². The first-order chi connectivity index (χ1) is 8.95. The van der Waals surface area contributed by atoms with E-state index in [1.807, 2.05) is 0 Å². The summed E-state index contributed by atoms with van der Waals surface area (Å²) in [6.07, 6.45) is 0. The predicted molar refractivity (Wildman–Crippen MR) is 61.8 cm³/mol. The minimum atomic E-state index is -0.568. The van der Waals surface area contributed by atoms with Crippen molar-refractivity contribution in [3.63, 3.8) is 0 Å². The molecule has 2 rings (SSSR count). The maximum atomic E-state index is 11.5. The van der Waals surface area contributed by atoms with Gasteiger partial charge in [0.15, 0.2) is 0 Å². The Balaban J connectivity index is 1.82. The molecular weight excluding hydrogens is 254 g/mol. The maximum absolute atomic E-state index is 11.5. The van der Waals surface area contributed by atoms with Crippen LogP contribution in [0.2, 0.25) is 0 Å². The molecule has 2 aliphatic heterocycles. The van der Waals surface area contributed by atoms with Crippen LogP contribution in [-0.4, -0.2) is 84.8 Å². The van der Waals surface area contributed by atoms with Crippen molar-refractivity contribution in [2.24, 2.45) is 0 Å². The standard InChI is InChI=1S/C11H15N3O5/c1-12-8(15)4-13(5-9(12)16)2-3-14-6-10(17)19-11(18)7-14/h2-7H2,1H3. The van der Waals surface area contributed by atoms with Gasteiger partial charge >= 0.3 is 11.9 Å². The van der Waals surface area contributed by atoms with Crippen LogP contribution in [0.4, 0.5) is 0 Å². The molecule has 0 aromatic heterocycles.